The molecule has 1 aromatic carbocycles. The Bertz CT molecular complexity index is 820. The Balaban J connectivity index is 1.71. The molecule has 3 aromatic rings. The van der Waals surface area contributed by atoms with E-state index < -0.39 is 0 Å². The zero-order valence-corrected chi connectivity index (χ0v) is 11.3. The summed E-state index contributed by atoms with van der Waals surface area (Å²) < 4.78 is 1.83. The minimum Gasteiger partial charge on any atom is -0.328 e. The second kappa shape index (κ2) is 4.66. The molecule has 2 aromatic heterocycles. The molecule has 0 saturated carbocycles. The third kappa shape index (κ3) is 1.96. The first kappa shape index (κ1) is 12.0. The highest BCUT2D eigenvalue weighted by Crippen LogP contribution is 2.19. The van der Waals surface area contributed by atoms with Crippen molar-refractivity contribution in [3.05, 3.63) is 54.4 Å². The molecule has 0 saturated heterocycles. The van der Waals surface area contributed by atoms with Crippen molar-refractivity contribution in [3.63, 3.8) is 0 Å². The first-order valence-corrected chi connectivity index (χ1v) is 6.82. The van der Waals surface area contributed by atoms with Crippen LogP contribution in [0.25, 0.3) is 10.8 Å². The van der Waals surface area contributed by atoms with Crippen molar-refractivity contribution in [3.8, 4) is 0 Å². The molecule has 0 unspecified atom stereocenters. The Kier molecular flexibility index (Phi) is 2.67. The molecule has 1 aliphatic heterocycles. The van der Waals surface area contributed by atoms with Crippen LogP contribution in [0.2, 0.25) is 0 Å². The van der Waals surface area contributed by atoms with Crippen molar-refractivity contribution in [1.29, 1.82) is 0 Å². The van der Waals surface area contributed by atoms with Gasteiger partial charge in [-0.15, -0.1) is 0 Å². The molecular formula is C15H13N5O. The van der Waals surface area contributed by atoms with Crippen LogP contribution >= 0.6 is 0 Å². The zero-order chi connectivity index (χ0) is 14.2. The van der Waals surface area contributed by atoms with E-state index in [1.807, 2.05) is 35.0 Å². The van der Waals surface area contributed by atoms with Crippen LogP contribution in [-0.2, 0) is 13.1 Å². The molecule has 1 amide bonds. The Morgan fingerprint density at radius 2 is 2.00 bits per heavy atom. The van der Waals surface area contributed by atoms with Gasteiger partial charge < -0.3 is 4.90 Å². The highest BCUT2D eigenvalue weighted by Gasteiger charge is 2.24. The quantitative estimate of drug-likeness (QED) is 0.677. The average Bonchev–Trinajstić information content (AvgIpc) is 3.01. The van der Waals surface area contributed by atoms with Gasteiger partial charge in [0.15, 0.2) is 0 Å². The van der Waals surface area contributed by atoms with Crippen molar-refractivity contribution in [2.75, 3.05) is 6.54 Å². The minimum atomic E-state index is -0.0546. The lowest BCUT2D eigenvalue weighted by Gasteiger charge is -2.26. The monoisotopic (exact) mass is 279 g/mol. The van der Waals surface area contributed by atoms with Gasteiger partial charge in [-0.05, 0) is 11.5 Å². The van der Waals surface area contributed by atoms with Crippen molar-refractivity contribution >= 4 is 16.7 Å². The zero-order valence-electron chi connectivity index (χ0n) is 11.3. The predicted octanol–water partition coefficient (Wildman–Crippen LogP) is 1.48. The van der Waals surface area contributed by atoms with E-state index >= 15 is 0 Å². The molecule has 0 aliphatic carbocycles. The van der Waals surface area contributed by atoms with E-state index in [4.69, 9.17) is 0 Å². The van der Waals surface area contributed by atoms with Crippen LogP contribution in [0.5, 0.6) is 0 Å². The number of nitrogens with zero attached hydrogens (tertiary/aromatic N) is 5. The number of benzene rings is 1. The number of carbonyl (C=O) groups excluding carboxylic acids is 1. The molecule has 4 rings (SSSR count). The Morgan fingerprint density at radius 1 is 1.10 bits per heavy atom. The van der Waals surface area contributed by atoms with Gasteiger partial charge in [-0.2, -0.15) is 5.10 Å². The van der Waals surface area contributed by atoms with Gasteiger partial charge in [-0.3, -0.25) is 9.78 Å². The van der Waals surface area contributed by atoms with E-state index in [1.165, 1.54) is 6.33 Å². The number of carbonyl (C=O) groups is 1. The van der Waals surface area contributed by atoms with Crippen LogP contribution in [0.3, 0.4) is 0 Å². The number of aromatic nitrogens is 4. The van der Waals surface area contributed by atoms with Crippen molar-refractivity contribution in [2.45, 2.75) is 13.1 Å². The molecule has 0 fully saturated rings. The second-order valence-electron chi connectivity index (χ2n) is 5.01. The second-order valence-corrected chi connectivity index (χ2v) is 5.01. The summed E-state index contributed by atoms with van der Waals surface area (Å²) in [5, 5.41) is 6.04. The number of amides is 1. The lowest BCUT2D eigenvalue weighted by Crippen LogP contribution is -2.39. The molecular weight excluding hydrogens is 266 g/mol. The van der Waals surface area contributed by atoms with E-state index in [0.717, 1.165) is 16.6 Å². The van der Waals surface area contributed by atoms with Gasteiger partial charge in [0.1, 0.15) is 17.8 Å². The first-order valence-electron chi connectivity index (χ1n) is 6.82. The normalized spacial score (nSPS) is 14.2. The molecule has 104 valence electrons. The molecule has 3 heterocycles. The van der Waals surface area contributed by atoms with Gasteiger partial charge in [0.2, 0.25) is 0 Å². The summed E-state index contributed by atoms with van der Waals surface area (Å²) >= 11 is 0. The molecule has 21 heavy (non-hydrogen) atoms. The lowest BCUT2D eigenvalue weighted by atomic mass is 10.1. The van der Waals surface area contributed by atoms with Crippen LogP contribution in [-0.4, -0.2) is 37.1 Å². The number of rotatable bonds is 1. The molecule has 0 spiro atoms. The minimum absolute atomic E-state index is 0.0546. The van der Waals surface area contributed by atoms with Gasteiger partial charge in [0, 0.05) is 18.1 Å². The Hall–Kier alpha value is -2.76. The van der Waals surface area contributed by atoms with E-state index in [1.54, 1.807) is 11.1 Å². The fourth-order valence-electron chi connectivity index (χ4n) is 2.68. The van der Waals surface area contributed by atoms with E-state index in [-0.39, 0.29) is 5.91 Å². The summed E-state index contributed by atoms with van der Waals surface area (Å²) in [6.07, 6.45) is 3.21. The van der Waals surface area contributed by atoms with Crippen LogP contribution in [0.1, 0.15) is 16.3 Å². The molecule has 0 atom stereocenters. The largest absolute Gasteiger partial charge is 0.328 e. The number of pyridine rings is 1. The van der Waals surface area contributed by atoms with Gasteiger partial charge in [0.05, 0.1) is 13.1 Å². The highest BCUT2D eigenvalue weighted by atomic mass is 16.2. The summed E-state index contributed by atoms with van der Waals surface area (Å²) in [4.78, 5) is 23.0. The van der Waals surface area contributed by atoms with Gasteiger partial charge in [-0.25, -0.2) is 9.67 Å². The maximum absolute atomic E-state index is 12.8. The molecule has 1 aliphatic rings. The Labute approximate surface area is 121 Å². The van der Waals surface area contributed by atoms with E-state index in [2.05, 4.69) is 15.1 Å². The molecule has 0 N–H and O–H groups in total. The molecule has 6 heteroatoms. The topological polar surface area (TPSA) is 63.9 Å². The van der Waals surface area contributed by atoms with Crippen LogP contribution in [0.15, 0.2) is 42.9 Å². The summed E-state index contributed by atoms with van der Waals surface area (Å²) in [7, 11) is 0. The van der Waals surface area contributed by atoms with Crippen LogP contribution in [0.4, 0.5) is 0 Å². The lowest BCUT2D eigenvalue weighted by molar-refractivity contribution is 0.0699. The standard InChI is InChI=1S/C15H13N5O/c21-15(19-7-8-20-13(9-19)17-10-18-20)14-12-4-2-1-3-11(12)5-6-16-14/h1-6,10H,7-9H2. The summed E-state index contributed by atoms with van der Waals surface area (Å²) in [5.41, 5.74) is 0.501. The molecule has 0 radical (unpaired) electrons. The van der Waals surface area contributed by atoms with Gasteiger partial charge in [0.25, 0.3) is 5.91 Å². The number of fused-ring (bicyclic) bond motifs is 2. The van der Waals surface area contributed by atoms with Crippen molar-refractivity contribution in [1.82, 2.24) is 24.6 Å². The summed E-state index contributed by atoms with van der Waals surface area (Å²) in [6, 6.07) is 9.72. The third-order valence-electron chi connectivity index (χ3n) is 3.77. The summed E-state index contributed by atoms with van der Waals surface area (Å²) in [6.45, 7) is 1.77. The van der Waals surface area contributed by atoms with E-state index in [9.17, 15) is 4.79 Å². The van der Waals surface area contributed by atoms with Crippen LogP contribution in [0, 0.1) is 0 Å². The highest BCUT2D eigenvalue weighted by molar-refractivity contribution is 6.05. The number of hydrogen-bond acceptors (Lipinski definition) is 4. The number of hydrogen-bond donors (Lipinski definition) is 0. The average molecular weight is 279 g/mol. The van der Waals surface area contributed by atoms with E-state index in [0.29, 0.717) is 25.3 Å². The van der Waals surface area contributed by atoms with Gasteiger partial charge in [-0.1, -0.05) is 24.3 Å². The smallest absolute Gasteiger partial charge is 0.273 e. The fraction of sp³-hybridized carbons (Fsp3) is 0.200. The Morgan fingerprint density at radius 3 is 2.95 bits per heavy atom. The molecule has 0 bridgehead atoms. The maximum atomic E-state index is 12.8. The van der Waals surface area contributed by atoms with Crippen LogP contribution < -0.4 is 0 Å². The predicted molar refractivity (Wildman–Crippen MR) is 76.5 cm³/mol. The maximum Gasteiger partial charge on any atom is 0.273 e. The van der Waals surface area contributed by atoms with Crippen molar-refractivity contribution < 1.29 is 4.79 Å². The van der Waals surface area contributed by atoms with Crippen molar-refractivity contribution in [2.24, 2.45) is 0 Å². The molecule has 6 nitrogen and oxygen atoms in total. The summed E-state index contributed by atoms with van der Waals surface area (Å²) in [5.74, 6) is 0.760. The van der Waals surface area contributed by atoms with Gasteiger partial charge >= 0.3 is 0 Å². The third-order valence-corrected chi connectivity index (χ3v) is 3.77. The first-order chi connectivity index (χ1) is 10.3. The fourth-order valence-corrected chi connectivity index (χ4v) is 2.68. The SMILES string of the molecule is O=C(c1nccc2ccccc12)N1CCn2ncnc2C1.